The molecule has 1 aliphatic heterocycles. The molecule has 1 aliphatic rings. The van der Waals surface area contributed by atoms with Crippen molar-refractivity contribution in [2.24, 2.45) is 4.99 Å². The predicted octanol–water partition coefficient (Wildman–Crippen LogP) is 4.41. The molecule has 5 heterocycles. The van der Waals surface area contributed by atoms with E-state index in [1.54, 1.807) is 18.5 Å². The number of fused-ring (bicyclic) bond motifs is 2. The Morgan fingerprint density at radius 1 is 1.20 bits per heavy atom. The van der Waals surface area contributed by atoms with Gasteiger partial charge in [0.2, 0.25) is 0 Å². The second-order valence-corrected chi connectivity index (χ2v) is 17.9. The van der Waals surface area contributed by atoms with Crippen molar-refractivity contribution in [3.63, 3.8) is 0 Å². The maximum atomic E-state index is 13.2. The van der Waals surface area contributed by atoms with Crippen LogP contribution in [0.2, 0.25) is 25.7 Å². The fraction of sp³-hybridized carbons (Fsp3) is 0.481. The first kappa shape index (κ1) is 27.7. The molecular formula is C27H35N9O3Si. The first-order chi connectivity index (χ1) is 18.9. The number of rotatable bonds is 9. The van der Waals surface area contributed by atoms with E-state index in [9.17, 15) is 4.79 Å². The number of hydrogen-bond donors (Lipinski definition) is 2. The maximum absolute atomic E-state index is 13.2. The van der Waals surface area contributed by atoms with Gasteiger partial charge in [-0.25, -0.2) is 24.9 Å². The molecule has 12 nitrogen and oxygen atoms in total. The molecule has 2 atom stereocenters. The van der Waals surface area contributed by atoms with Crippen LogP contribution in [0.5, 0.6) is 0 Å². The Morgan fingerprint density at radius 3 is 2.75 bits per heavy atom. The lowest BCUT2D eigenvalue weighted by Crippen LogP contribution is -2.28. The summed E-state index contributed by atoms with van der Waals surface area (Å²) in [5.74, 6) is 1.34. The molecule has 13 heteroatoms. The minimum Gasteiger partial charge on any atom is -0.379 e. The van der Waals surface area contributed by atoms with E-state index in [-0.39, 0.29) is 23.1 Å². The van der Waals surface area contributed by atoms with Crippen LogP contribution in [0.3, 0.4) is 0 Å². The predicted molar refractivity (Wildman–Crippen MR) is 153 cm³/mol. The zero-order valence-corrected chi connectivity index (χ0v) is 24.9. The van der Waals surface area contributed by atoms with Crippen LogP contribution in [-0.2, 0) is 10.2 Å². The van der Waals surface area contributed by atoms with Crippen LogP contribution in [0.25, 0.3) is 22.7 Å². The number of hydrogen-bond acceptors (Lipinski definition) is 10. The highest BCUT2D eigenvalue weighted by molar-refractivity contribution is 6.76. The fourth-order valence-corrected chi connectivity index (χ4v) is 4.90. The first-order valence-electron chi connectivity index (χ1n) is 13.4. The van der Waals surface area contributed by atoms with Crippen LogP contribution in [0.4, 0.5) is 0 Å². The summed E-state index contributed by atoms with van der Waals surface area (Å²) in [5.41, 5.74) is 3.14. The molecule has 1 unspecified atom stereocenters. The van der Waals surface area contributed by atoms with Crippen LogP contribution < -0.4 is 5.32 Å². The van der Waals surface area contributed by atoms with Crippen LogP contribution in [-0.4, -0.2) is 68.5 Å². The van der Waals surface area contributed by atoms with E-state index in [1.165, 1.54) is 6.33 Å². The Bertz CT molecular complexity index is 1570. The summed E-state index contributed by atoms with van der Waals surface area (Å²) in [6.07, 6.45) is 4.74. The lowest BCUT2D eigenvalue weighted by Gasteiger charge is -2.16. The highest BCUT2D eigenvalue weighted by atomic mass is 28.3. The van der Waals surface area contributed by atoms with E-state index in [2.05, 4.69) is 85.8 Å². The number of carbonyl (C=O) groups excluding carboxylic acids is 1. The maximum Gasteiger partial charge on any atom is 0.271 e. The standard InChI is InChI=1S/C27H35N9O3Si/c1-15(20-10-17(36-39-20)23-33-18-12-29-26(27(2,3)4)35-24(18)34-23)32-25(37)22-16-11-28-19(21(16)30-14-31-22)13-38-8-9-40(5,6)7/h10-12,14-15,19H,8-9,13H2,1-7H3,(H,32,37)(H,29,33,34,35)/t15-,19?/m1/s1. The Morgan fingerprint density at radius 2 is 2.00 bits per heavy atom. The summed E-state index contributed by atoms with van der Waals surface area (Å²) in [7, 11) is -1.17. The number of aliphatic imine (C=N–C) groups is 1. The Hall–Kier alpha value is -3.84. The van der Waals surface area contributed by atoms with E-state index < -0.39 is 14.1 Å². The highest BCUT2D eigenvalue weighted by Gasteiger charge is 2.28. The molecule has 0 saturated carbocycles. The van der Waals surface area contributed by atoms with E-state index in [0.717, 1.165) is 11.9 Å². The summed E-state index contributed by atoms with van der Waals surface area (Å²) < 4.78 is 11.4. The molecule has 0 aromatic carbocycles. The fourth-order valence-electron chi connectivity index (χ4n) is 4.15. The van der Waals surface area contributed by atoms with Gasteiger partial charge in [-0.05, 0) is 13.0 Å². The largest absolute Gasteiger partial charge is 0.379 e. The lowest BCUT2D eigenvalue weighted by atomic mass is 9.96. The van der Waals surface area contributed by atoms with Crippen molar-refractivity contribution in [3.05, 3.63) is 47.1 Å². The SMILES string of the molecule is C[C@@H](NC(=O)c1ncnc2c1C=NC2COCC[Si](C)(C)C)c1cc(-c2nc3cnc(C(C)(C)C)nc3[nH]2)no1. The van der Waals surface area contributed by atoms with Gasteiger partial charge in [0, 0.05) is 37.9 Å². The van der Waals surface area contributed by atoms with Crippen molar-refractivity contribution in [1.82, 2.24) is 40.4 Å². The molecule has 5 rings (SSSR count). The second kappa shape index (κ2) is 10.6. The zero-order valence-electron chi connectivity index (χ0n) is 23.9. The summed E-state index contributed by atoms with van der Waals surface area (Å²) in [4.78, 5) is 43.1. The van der Waals surface area contributed by atoms with E-state index in [0.29, 0.717) is 52.9 Å². The van der Waals surface area contributed by atoms with Crippen molar-refractivity contribution in [3.8, 4) is 11.5 Å². The smallest absolute Gasteiger partial charge is 0.271 e. The van der Waals surface area contributed by atoms with Gasteiger partial charge in [-0.15, -0.1) is 0 Å². The van der Waals surface area contributed by atoms with Gasteiger partial charge in [0.15, 0.2) is 17.2 Å². The summed E-state index contributed by atoms with van der Waals surface area (Å²) in [5, 5.41) is 7.08. The molecule has 0 fully saturated rings. The Labute approximate surface area is 233 Å². The molecule has 2 N–H and O–H groups in total. The van der Waals surface area contributed by atoms with Gasteiger partial charge >= 0.3 is 0 Å². The van der Waals surface area contributed by atoms with Crippen molar-refractivity contribution in [2.45, 2.75) is 70.9 Å². The number of aromatic nitrogens is 7. The topological polar surface area (TPSA) is 157 Å². The molecule has 1 amide bonds. The minimum atomic E-state index is -1.17. The van der Waals surface area contributed by atoms with E-state index >= 15 is 0 Å². The van der Waals surface area contributed by atoms with Crippen molar-refractivity contribution in [1.29, 1.82) is 0 Å². The number of H-pyrrole nitrogens is 1. The van der Waals surface area contributed by atoms with Gasteiger partial charge in [-0.2, -0.15) is 0 Å². The lowest BCUT2D eigenvalue weighted by molar-refractivity contribution is 0.0928. The molecule has 0 saturated heterocycles. The zero-order chi connectivity index (χ0) is 28.7. The number of nitrogens with zero attached hydrogens (tertiary/aromatic N) is 7. The van der Waals surface area contributed by atoms with Gasteiger partial charge in [0.1, 0.15) is 35.1 Å². The number of carbonyl (C=O) groups is 1. The molecule has 0 bridgehead atoms. The molecule has 4 aromatic rings. The summed E-state index contributed by atoms with van der Waals surface area (Å²) >= 11 is 0. The number of imidazole rings is 1. The summed E-state index contributed by atoms with van der Waals surface area (Å²) in [6, 6.07) is 2.10. The van der Waals surface area contributed by atoms with Crippen molar-refractivity contribution < 1.29 is 14.1 Å². The van der Waals surface area contributed by atoms with Gasteiger partial charge in [-0.3, -0.25) is 9.79 Å². The van der Waals surface area contributed by atoms with Gasteiger partial charge in [0.05, 0.1) is 24.5 Å². The quantitative estimate of drug-likeness (QED) is 0.223. The molecule has 40 heavy (non-hydrogen) atoms. The molecule has 210 valence electrons. The third-order valence-electron chi connectivity index (χ3n) is 6.56. The van der Waals surface area contributed by atoms with E-state index in [1.807, 2.05) is 6.92 Å². The average Bonchev–Trinajstić information content (AvgIpc) is 3.63. The van der Waals surface area contributed by atoms with E-state index in [4.69, 9.17) is 9.26 Å². The second-order valence-electron chi connectivity index (χ2n) is 12.3. The van der Waals surface area contributed by atoms with Crippen molar-refractivity contribution in [2.75, 3.05) is 13.2 Å². The Balaban J connectivity index is 1.25. The van der Waals surface area contributed by atoms with Gasteiger partial charge in [0.25, 0.3) is 5.91 Å². The van der Waals surface area contributed by atoms with Crippen molar-refractivity contribution >= 4 is 31.4 Å². The number of ether oxygens (including phenoxy) is 1. The molecule has 0 aliphatic carbocycles. The average molecular weight is 562 g/mol. The monoisotopic (exact) mass is 561 g/mol. The third kappa shape index (κ3) is 5.99. The first-order valence-corrected chi connectivity index (χ1v) is 17.1. The highest BCUT2D eigenvalue weighted by Crippen LogP contribution is 2.28. The van der Waals surface area contributed by atoms with Gasteiger partial charge < -0.3 is 19.6 Å². The molecule has 4 aromatic heterocycles. The minimum absolute atomic E-state index is 0.189. The number of aromatic amines is 1. The van der Waals surface area contributed by atoms with Gasteiger partial charge in [-0.1, -0.05) is 45.6 Å². The van der Waals surface area contributed by atoms with Crippen LogP contribution >= 0.6 is 0 Å². The molecule has 0 radical (unpaired) electrons. The number of nitrogens with one attached hydrogen (secondary N) is 2. The van der Waals surface area contributed by atoms with Crippen LogP contribution in [0.15, 0.2) is 28.1 Å². The molecule has 0 spiro atoms. The van der Waals surface area contributed by atoms with Crippen LogP contribution in [0, 0.1) is 0 Å². The normalized spacial score (nSPS) is 15.9. The third-order valence-corrected chi connectivity index (χ3v) is 8.26. The number of amides is 1. The summed E-state index contributed by atoms with van der Waals surface area (Å²) in [6.45, 7) is 16.0. The molecular weight excluding hydrogens is 526 g/mol. The Kier molecular flexibility index (Phi) is 7.36. The van der Waals surface area contributed by atoms with Crippen LogP contribution in [0.1, 0.15) is 73.1 Å².